The Kier molecular flexibility index (Phi) is 7.14. The number of alkyl halides is 3. The van der Waals surface area contributed by atoms with E-state index < -0.39 is 17.7 Å². The lowest BCUT2D eigenvalue weighted by molar-refractivity contribution is -0.156. The van der Waals surface area contributed by atoms with Crippen LogP contribution in [0.2, 0.25) is 0 Å². The van der Waals surface area contributed by atoms with Crippen LogP contribution in [0.5, 0.6) is 11.5 Å². The summed E-state index contributed by atoms with van der Waals surface area (Å²) in [4.78, 5) is 8.77. The summed E-state index contributed by atoms with van der Waals surface area (Å²) < 4.78 is 63.5. The van der Waals surface area contributed by atoms with E-state index in [1.54, 1.807) is 19.9 Å². The molecule has 11 heteroatoms. The van der Waals surface area contributed by atoms with Gasteiger partial charge in [-0.1, -0.05) is 6.92 Å². The lowest BCUT2D eigenvalue weighted by Gasteiger charge is -2.29. The van der Waals surface area contributed by atoms with Crippen LogP contribution < -0.4 is 20.9 Å². The van der Waals surface area contributed by atoms with Crippen molar-refractivity contribution >= 4 is 22.4 Å². The Balaban J connectivity index is 1.85. The molecule has 2 heterocycles. The molecule has 2 atom stereocenters. The first-order valence-electron chi connectivity index (χ1n) is 11.5. The van der Waals surface area contributed by atoms with Gasteiger partial charge in [0, 0.05) is 23.2 Å². The van der Waals surface area contributed by atoms with E-state index in [2.05, 4.69) is 9.97 Å². The van der Waals surface area contributed by atoms with Gasteiger partial charge in [-0.15, -0.1) is 0 Å². The fraction of sp³-hybridized carbons (Fsp3) is 0.440. The van der Waals surface area contributed by atoms with Crippen molar-refractivity contribution in [3.05, 3.63) is 46.8 Å². The van der Waals surface area contributed by atoms with Crippen molar-refractivity contribution in [2.24, 2.45) is 0 Å². The van der Waals surface area contributed by atoms with Gasteiger partial charge in [0.25, 0.3) is 0 Å². The zero-order chi connectivity index (χ0) is 26.2. The molecule has 0 saturated carbocycles. The van der Waals surface area contributed by atoms with Crippen LogP contribution in [0, 0.1) is 6.92 Å². The molecule has 8 nitrogen and oxygen atoms in total. The molecule has 1 aliphatic heterocycles. The SMILES string of the molecule is COc1cc2nc(C)nc(N)c2c([C@H](C)c2cc(N)cc(C(F)(F)F)c2)c1OC[C@H](C)OC1COC1. The Morgan fingerprint density at radius 2 is 1.83 bits per heavy atom. The minimum atomic E-state index is -4.56. The molecule has 4 rings (SSSR count). The van der Waals surface area contributed by atoms with Gasteiger partial charge in [-0.25, -0.2) is 9.97 Å². The first-order valence-corrected chi connectivity index (χ1v) is 11.5. The molecule has 0 amide bonds. The summed E-state index contributed by atoms with van der Waals surface area (Å²) in [5.74, 6) is 0.686. The third-order valence-corrected chi connectivity index (χ3v) is 6.03. The molecule has 2 aromatic carbocycles. The number of halogens is 3. The Labute approximate surface area is 206 Å². The van der Waals surface area contributed by atoms with Gasteiger partial charge < -0.3 is 30.4 Å². The van der Waals surface area contributed by atoms with E-state index in [0.29, 0.717) is 52.6 Å². The predicted molar refractivity (Wildman–Crippen MR) is 129 cm³/mol. The smallest absolute Gasteiger partial charge is 0.416 e. The monoisotopic (exact) mass is 506 g/mol. The summed E-state index contributed by atoms with van der Waals surface area (Å²) in [5, 5.41) is 0.473. The molecular formula is C25H29F3N4O4. The number of anilines is 2. The number of aromatic nitrogens is 2. The third-order valence-electron chi connectivity index (χ3n) is 6.03. The maximum absolute atomic E-state index is 13.6. The molecule has 0 radical (unpaired) electrons. The van der Waals surface area contributed by atoms with Gasteiger partial charge >= 0.3 is 6.18 Å². The fourth-order valence-corrected chi connectivity index (χ4v) is 4.26. The second-order valence-electron chi connectivity index (χ2n) is 8.90. The minimum absolute atomic E-state index is 0.000552. The summed E-state index contributed by atoms with van der Waals surface area (Å²) in [7, 11) is 1.48. The van der Waals surface area contributed by atoms with Gasteiger partial charge in [0.2, 0.25) is 0 Å². The number of aryl methyl sites for hydroxylation is 1. The number of nitrogens with two attached hydrogens (primary N) is 2. The second kappa shape index (κ2) is 9.98. The third kappa shape index (κ3) is 5.26. The Morgan fingerprint density at radius 1 is 1.11 bits per heavy atom. The highest BCUT2D eigenvalue weighted by molar-refractivity contribution is 5.95. The van der Waals surface area contributed by atoms with E-state index in [1.807, 2.05) is 6.92 Å². The average molecular weight is 507 g/mol. The highest BCUT2D eigenvalue weighted by Crippen LogP contribution is 2.46. The van der Waals surface area contributed by atoms with Crippen LogP contribution in [0.1, 0.15) is 42.3 Å². The summed E-state index contributed by atoms with van der Waals surface area (Å²) in [6.45, 7) is 6.53. The Hall–Kier alpha value is -3.31. The van der Waals surface area contributed by atoms with Crippen LogP contribution in [0.15, 0.2) is 24.3 Å². The molecule has 0 spiro atoms. The first-order chi connectivity index (χ1) is 17.0. The van der Waals surface area contributed by atoms with Crippen LogP contribution >= 0.6 is 0 Å². The molecule has 0 unspecified atom stereocenters. The van der Waals surface area contributed by atoms with Gasteiger partial charge in [0.15, 0.2) is 11.5 Å². The van der Waals surface area contributed by atoms with E-state index in [-0.39, 0.29) is 30.3 Å². The zero-order valence-corrected chi connectivity index (χ0v) is 20.5. The van der Waals surface area contributed by atoms with Crippen molar-refractivity contribution in [3.8, 4) is 11.5 Å². The number of fused-ring (bicyclic) bond motifs is 1. The number of methoxy groups -OCH3 is 1. The first kappa shape index (κ1) is 25.8. The van der Waals surface area contributed by atoms with Crippen molar-refractivity contribution in [2.45, 2.75) is 45.1 Å². The molecule has 1 aliphatic rings. The van der Waals surface area contributed by atoms with Crippen molar-refractivity contribution in [1.82, 2.24) is 9.97 Å². The molecule has 194 valence electrons. The zero-order valence-electron chi connectivity index (χ0n) is 20.5. The minimum Gasteiger partial charge on any atom is -0.493 e. The molecule has 1 aromatic heterocycles. The van der Waals surface area contributed by atoms with Crippen molar-refractivity contribution in [2.75, 3.05) is 38.4 Å². The molecule has 0 bridgehead atoms. The Bertz CT molecular complexity index is 1260. The van der Waals surface area contributed by atoms with Gasteiger partial charge in [-0.3, -0.25) is 0 Å². The van der Waals surface area contributed by atoms with Crippen molar-refractivity contribution in [3.63, 3.8) is 0 Å². The summed E-state index contributed by atoms with van der Waals surface area (Å²) in [5.41, 5.74) is 12.6. The molecule has 1 fully saturated rings. The second-order valence-corrected chi connectivity index (χ2v) is 8.90. The maximum atomic E-state index is 13.6. The molecule has 1 saturated heterocycles. The van der Waals surface area contributed by atoms with Gasteiger partial charge in [0.05, 0.1) is 42.9 Å². The Morgan fingerprint density at radius 3 is 2.44 bits per heavy atom. The molecule has 36 heavy (non-hydrogen) atoms. The standard InChI is InChI=1S/C25H29F3N4O4/c1-12(36-18-10-34-11-18)9-35-23-20(33-4)8-19-22(24(30)32-14(3)31-19)21(23)13(2)15-5-16(25(26,27)28)7-17(29)6-15/h5-8,12-13,18H,9-11,29H2,1-4H3,(H2,30,31,32)/t12-,13+/m0/s1. The van der Waals surface area contributed by atoms with E-state index in [9.17, 15) is 13.2 Å². The largest absolute Gasteiger partial charge is 0.493 e. The number of hydrogen-bond donors (Lipinski definition) is 2. The van der Waals surface area contributed by atoms with E-state index in [4.69, 9.17) is 30.4 Å². The van der Waals surface area contributed by atoms with Crippen LogP contribution in [0.25, 0.3) is 10.9 Å². The topological polar surface area (TPSA) is 115 Å². The van der Waals surface area contributed by atoms with Crippen LogP contribution in [-0.2, 0) is 15.7 Å². The van der Waals surface area contributed by atoms with Crippen LogP contribution in [-0.4, -0.2) is 49.1 Å². The fourth-order valence-electron chi connectivity index (χ4n) is 4.26. The van der Waals surface area contributed by atoms with E-state index in [1.165, 1.54) is 13.2 Å². The number of nitrogen functional groups attached to an aromatic ring is 2. The number of nitrogens with zero attached hydrogens (tertiary/aromatic N) is 2. The van der Waals surface area contributed by atoms with Gasteiger partial charge in [0.1, 0.15) is 24.4 Å². The summed E-state index contributed by atoms with van der Waals surface area (Å²) in [6, 6.07) is 5.16. The predicted octanol–water partition coefficient (Wildman–Crippen LogP) is 4.46. The number of hydrogen-bond acceptors (Lipinski definition) is 8. The van der Waals surface area contributed by atoms with Crippen LogP contribution in [0.4, 0.5) is 24.7 Å². The van der Waals surface area contributed by atoms with Crippen molar-refractivity contribution < 1.29 is 32.1 Å². The van der Waals surface area contributed by atoms with E-state index in [0.717, 1.165) is 12.1 Å². The molecular weight excluding hydrogens is 477 g/mol. The summed E-state index contributed by atoms with van der Waals surface area (Å²) >= 11 is 0. The van der Waals surface area contributed by atoms with Gasteiger partial charge in [-0.05, 0) is 37.6 Å². The molecule has 4 N–H and O–H groups in total. The lowest BCUT2D eigenvalue weighted by Crippen LogP contribution is -2.39. The number of rotatable bonds is 8. The highest BCUT2D eigenvalue weighted by atomic mass is 19.4. The summed E-state index contributed by atoms with van der Waals surface area (Å²) in [6.07, 6.45) is -4.84. The quantitative estimate of drug-likeness (QED) is 0.430. The van der Waals surface area contributed by atoms with Crippen LogP contribution in [0.3, 0.4) is 0 Å². The van der Waals surface area contributed by atoms with Gasteiger partial charge in [-0.2, -0.15) is 13.2 Å². The normalized spacial score (nSPS) is 16.0. The average Bonchev–Trinajstić information content (AvgIpc) is 2.77. The highest BCUT2D eigenvalue weighted by Gasteiger charge is 2.33. The number of benzene rings is 2. The molecule has 0 aliphatic carbocycles. The maximum Gasteiger partial charge on any atom is 0.416 e. The number of ether oxygens (including phenoxy) is 4. The lowest BCUT2D eigenvalue weighted by atomic mass is 9.88. The van der Waals surface area contributed by atoms with Crippen molar-refractivity contribution in [1.29, 1.82) is 0 Å². The van der Waals surface area contributed by atoms with E-state index >= 15 is 0 Å². The molecule has 3 aromatic rings.